The SMILES string of the molecule is CCC1(CCC(C)C)C(=O)NC(=O)N([C@@H]2O[C@H](C(=O)OC)[C@@H](OC(C)=O)[C@H](OC(C)=O)[C@H]2OC(C)=O)C1=O. The average molecular weight is 543 g/mol. The summed E-state index contributed by atoms with van der Waals surface area (Å²) in [5.41, 5.74) is -1.67. The van der Waals surface area contributed by atoms with Crippen molar-refractivity contribution in [1.29, 1.82) is 0 Å². The fourth-order valence-corrected chi connectivity index (χ4v) is 4.48. The van der Waals surface area contributed by atoms with E-state index in [0.717, 1.165) is 27.9 Å². The first-order valence-electron chi connectivity index (χ1n) is 12.1. The molecule has 0 radical (unpaired) electrons. The molecule has 0 aromatic carbocycles. The van der Waals surface area contributed by atoms with Crippen molar-refractivity contribution < 1.29 is 57.2 Å². The number of methoxy groups -OCH3 is 1. The Balaban J connectivity index is 2.70. The number of hydrogen-bond acceptors (Lipinski definition) is 12. The third-order valence-electron chi connectivity index (χ3n) is 6.36. The number of nitrogens with zero attached hydrogens (tertiary/aromatic N) is 1. The molecule has 0 aliphatic carbocycles. The predicted octanol–water partition coefficient (Wildman–Crippen LogP) is 0.590. The first-order valence-corrected chi connectivity index (χ1v) is 12.1. The minimum atomic E-state index is -1.87. The van der Waals surface area contributed by atoms with E-state index in [1.165, 1.54) is 0 Å². The van der Waals surface area contributed by atoms with E-state index < -0.39 is 77.8 Å². The average Bonchev–Trinajstić information content (AvgIpc) is 2.80. The second-order valence-corrected chi connectivity index (χ2v) is 9.50. The molecule has 2 saturated heterocycles. The van der Waals surface area contributed by atoms with Crippen LogP contribution in [0.2, 0.25) is 0 Å². The lowest BCUT2D eigenvalue weighted by Crippen LogP contribution is -2.73. The van der Waals surface area contributed by atoms with E-state index in [-0.39, 0.29) is 18.8 Å². The predicted molar refractivity (Wildman–Crippen MR) is 125 cm³/mol. The van der Waals surface area contributed by atoms with Crippen molar-refractivity contribution in [3.8, 4) is 0 Å². The Bertz CT molecular complexity index is 995. The van der Waals surface area contributed by atoms with E-state index in [2.05, 4.69) is 5.32 Å². The molecule has 0 saturated carbocycles. The lowest BCUT2D eigenvalue weighted by atomic mass is 9.75. The molecule has 0 bridgehead atoms. The number of rotatable bonds is 9. The van der Waals surface area contributed by atoms with Gasteiger partial charge in [0.2, 0.25) is 11.8 Å². The number of esters is 4. The van der Waals surface area contributed by atoms with Gasteiger partial charge in [0.25, 0.3) is 0 Å². The number of amides is 4. The Hall–Kier alpha value is -3.55. The molecule has 212 valence electrons. The summed E-state index contributed by atoms with van der Waals surface area (Å²) in [6.07, 6.45) is -8.24. The molecule has 14 heteroatoms. The molecule has 2 aliphatic heterocycles. The maximum absolute atomic E-state index is 13.9. The highest BCUT2D eigenvalue weighted by atomic mass is 16.7. The first kappa shape index (κ1) is 30.7. The van der Waals surface area contributed by atoms with Gasteiger partial charge >= 0.3 is 29.9 Å². The van der Waals surface area contributed by atoms with Gasteiger partial charge in [0.1, 0.15) is 5.41 Å². The van der Waals surface area contributed by atoms with Crippen LogP contribution >= 0.6 is 0 Å². The highest BCUT2D eigenvalue weighted by molar-refractivity contribution is 6.19. The van der Waals surface area contributed by atoms with Gasteiger partial charge in [0.15, 0.2) is 30.6 Å². The zero-order valence-corrected chi connectivity index (χ0v) is 22.4. The first-order chi connectivity index (χ1) is 17.7. The Morgan fingerprint density at radius 3 is 1.95 bits per heavy atom. The minimum Gasteiger partial charge on any atom is -0.467 e. The van der Waals surface area contributed by atoms with Crippen LogP contribution in [0.3, 0.4) is 0 Å². The quantitative estimate of drug-likeness (QED) is 0.244. The van der Waals surface area contributed by atoms with E-state index in [4.69, 9.17) is 23.7 Å². The number of barbiturate groups is 1. The van der Waals surface area contributed by atoms with Crippen LogP contribution in [-0.2, 0) is 52.5 Å². The highest BCUT2D eigenvalue weighted by Gasteiger charge is 2.62. The molecule has 2 aliphatic rings. The maximum Gasteiger partial charge on any atom is 0.339 e. The Labute approximate surface area is 219 Å². The van der Waals surface area contributed by atoms with E-state index in [1.54, 1.807) is 6.92 Å². The molecular formula is C24H34N2O12. The summed E-state index contributed by atoms with van der Waals surface area (Å²) < 4.78 is 26.3. The van der Waals surface area contributed by atoms with Gasteiger partial charge in [-0.15, -0.1) is 0 Å². The minimum absolute atomic E-state index is 0.0169. The lowest BCUT2D eigenvalue weighted by Gasteiger charge is -2.49. The van der Waals surface area contributed by atoms with Gasteiger partial charge < -0.3 is 23.7 Å². The van der Waals surface area contributed by atoms with Crippen LogP contribution in [-0.4, -0.2) is 84.4 Å². The third-order valence-corrected chi connectivity index (χ3v) is 6.36. The number of carbonyl (C=O) groups is 7. The molecule has 2 fully saturated rings. The molecule has 1 unspecified atom stereocenters. The number of ether oxygens (including phenoxy) is 5. The third kappa shape index (κ3) is 6.29. The summed E-state index contributed by atoms with van der Waals surface area (Å²) in [6, 6.07) is -1.20. The number of carbonyl (C=O) groups excluding carboxylic acids is 7. The number of urea groups is 1. The Kier molecular flexibility index (Phi) is 9.95. The smallest absolute Gasteiger partial charge is 0.339 e. The standard InChI is InChI=1S/C24H34N2O12/c1-8-24(10-9-11(2)3)21(31)25-23(33)26(22(24)32)19-17(37-14(6)29)15(35-12(4)27)16(36-13(5)28)18(38-19)20(30)34-7/h11,15-19H,8-10H2,1-7H3,(H,25,31,33)/t15-,16-,17+,18-,19+,24?/m0/s1. The van der Waals surface area contributed by atoms with E-state index >= 15 is 0 Å². The summed E-state index contributed by atoms with van der Waals surface area (Å²) in [5.74, 6) is -5.48. The largest absolute Gasteiger partial charge is 0.467 e. The van der Waals surface area contributed by atoms with Crippen LogP contribution in [0.4, 0.5) is 4.79 Å². The van der Waals surface area contributed by atoms with Crippen LogP contribution in [0.5, 0.6) is 0 Å². The zero-order valence-electron chi connectivity index (χ0n) is 22.4. The van der Waals surface area contributed by atoms with Gasteiger partial charge in [-0.05, 0) is 25.2 Å². The van der Waals surface area contributed by atoms with Crippen LogP contribution in [0.1, 0.15) is 60.8 Å². The fourth-order valence-electron chi connectivity index (χ4n) is 4.48. The monoisotopic (exact) mass is 542 g/mol. The zero-order chi connectivity index (χ0) is 28.9. The lowest BCUT2D eigenvalue weighted by molar-refractivity contribution is -0.267. The van der Waals surface area contributed by atoms with Crippen LogP contribution in [0.15, 0.2) is 0 Å². The van der Waals surface area contributed by atoms with Gasteiger partial charge in [-0.25, -0.2) is 14.5 Å². The Morgan fingerprint density at radius 2 is 1.47 bits per heavy atom. The van der Waals surface area contributed by atoms with Gasteiger partial charge in [0.05, 0.1) is 7.11 Å². The van der Waals surface area contributed by atoms with Crippen LogP contribution in [0, 0.1) is 11.3 Å². The fraction of sp³-hybridized carbons (Fsp3) is 0.708. The molecule has 38 heavy (non-hydrogen) atoms. The topological polar surface area (TPSA) is 181 Å². The molecule has 0 spiro atoms. The van der Waals surface area contributed by atoms with Crippen LogP contribution < -0.4 is 5.32 Å². The second-order valence-electron chi connectivity index (χ2n) is 9.50. The van der Waals surface area contributed by atoms with Crippen molar-refractivity contribution in [3.05, 3.63) is 0 Å². The number of hydrogen-bond donors (Lipinski definition) is 1. The normalized spacial score (nSPS) is 29.4. The van der Waals surface area contributed by atoms with Crippen LogP contribution in [0.25, 0.3) is 0 Å². The van der Waals surface area contributed by atoms with Crippen molar-refractivity contribution in [1.82, 2.24) is 10.2 Å². The van der Waals surface area contributed by atoms with Crippen molar-refractivity contribution in [2.24, 2.45) is 11.3 Å². The molecular weight excluding hydrogens is 508 g/mol. The molecule has 0 aromatic heterocycles. The molecule has 1 N–H and O–H groups in total. The number of nitrogens with one attached hydrogen (secondary N) is 1. The molecule has 14 nitrogen and oxygen atoms in total. The summed E-state index contributed by atoms with van der Waals surface area (Å²) in [7, 11) is 1.01. The van der Waals surface area contributed by atoms with Gasteiger partial charge in [-0.1, -0.05) is 20.8 Å². The second kappa shape index (κ2) is 12.3. The highest BCUT2D eigenvalue weighted by Crippen LogP contribution is 2.39. The van der Waals surface area contributed by atoms with E-state index in [9.17, 15) is 33.6 Å². The van der Waals surface area contributed by atoms with E-state index in [0.29, 0.717) is 11.3 Å². The summed E-state index contributed by atoms with van der Waals surface area (Å²) >= 11 is 0. The van der Waals surface area contributed by atoms with Crippen molar-refractivity contribution in [3.63, 3.8) is 0 Å². The molecule has 4 amide bonds. The van der Waals surface area contributed by atoms with Gasteiger partial charge in [0, 0.05) is 20.8 Å². The molecule has 2 rings (SSSR count). The summed E-state index contributed by atoms with van der Waals surface area (Å²) in [4.78, 5) is 89.1. The van der Waals surface area contributed by atoms with E-state index in [1.807, 2.05) is 13.8 Å². The summed E-state index contributed by atoms with van der Waals surface area (Å²) in [5, 5.41) is 2.15. The maximum atomic E-state index is 13.9. The molecule has 2 heterocycles. The van der Waals surface area contributed by atoms with Crippen molar-refractivity contribution in [2.75, 3.05) is 7.11 Å². The van der Waals surface area contributed by atoms with Gasteiger partial charge in [-0.3, -0.25) is 29.3 Å². The van der Waals surface area contributed by atoms with Crippen molar-refractivity contribution in [2.45, 2.75) is 91.4 Å². The molecule has 6 atom stereocenters. The number of imide groups is 2. The van der Waals surface area contributed by atoms with Gasteiger partial charge in [-0.2, -0.15) is 0 Å². The Morgan fingerprint density at radius 1 is 0.947 bits per heavy atom. The summed E-state index contributed by atoms with van der Waals surface area (Å²) in [6.45, 7) is 8.45. The molecule has 0 aromatic rings. The van der Waals surface area contributed by atoms with Crippen molar-refractivity contribution >= 4 is 41.7 Å².